The van der Waals surface area contributed by atoms with Crippen molar-refractivity contribution in [1.82, 2.24) is 19.9 Å². The van der Waals surface area contributed by atoms with E-state index >= 15 is 0 Å². The number of benzene rings is 7. The Morgan fingerprint density at radius 2 is 0.839 bits per heavy atom. The van der Waals surface area contributed by atoms with Crippen LogP contribution in [0.25, 0.3) is 89.6 Å². The Kier molecular flexibility index (Phi) is 7.39. The Morgan fingerprint density at radius 3 is 1.40 bits per heavy atom. The zero-order valence-electron chi connectivity index (χ0n) is 33.0. The second kappa shape index (κ2) is 13.3. The van der Waals surface area contributed by atoms with Crippen LogP contribution >= 0.6 is 0 Å². The third-order valence-electron chi connectivity index (χ3n) is 12.4. The fourth-order valence-electron chi connectivity index (χ4n) is 9.68. The van der Waals surface area contributed by atoms with Crippen molar-refractivity contribution in [2.24, 2.45) is 0 Å². The Hall–Kier alpha value is -8.42. The molecule has 0 saturated carbocycles. The van der Waals surface area contributed by atoms with Crippen LogP contribution in [-0.4, -0.2) is 19.9 Å². The minimum Gasteiger partial charge on any atom is -0.457 e. The predicted octanol–water partition coefficient (Wildman–Crippen LogP) is 13.6. The smallest absolute Gasteiger partial charge is 0.227 e. The molecule has 7 heteroatoms. The minimum absolute atomic E-state index is 0.563. The van der Waals surface area contributed by atoms with E-state index in [1.807, 2.05) is 12.1 Å². The highest BCUT2D eigenvalue weighted by Crippen LogP contribution is 2.63. The molecule has 290 valence electrons. The molecule has 0 atom stereocenters. The molecule has 1 aliphatic heterocycles. The summed E-state index contributed by atoms with van der Waals surface area (Å²) in [6, 6.07) is 60.1. The molecule has 0 radical (unpaired) electrons. The molecule has 5 heterocycles. The first kappa shape index (κ1) is 34.4. The molecule has 2 aliphatic rings. The van der Waals surface area contributed by atoms with Crippen molar-refractivity contribution in [2.75, 3.05) is 0 Å². The van der Waals surface area contributed by atoms with Crippen LogP contribution in [0.4, 0.5) is 0 Å². The predicted molar refractivity (Wildman–Crippen MR) is 242 cm³/mol. The van der Waals surface area contributed by atoms with Gasteiger partial charge < -0.3 is 13.6 Å². The van der Waals surface area contributed by atoms with Crippen molar-refractivity contribution in [3.05, 3.63) is 217 Å². The van der Waals surface area contributed by atoms with Crippen LogP contribution in [0.5, 0.6) is 11.5 Å². The molecule has 1 aliphatic carbocycles. The molecule has 0 amide bonds. The Balaban J connectivity index is 0.999. The van der Waals surface area contributed by atoms with Gasteiger partial charge >= 0.3 is 0 Å². The molecule has 0 bridgehead atoms. The molecule has 11 aromatic rings. The lowest BCUT2D eigenvalue weighted by atomic mass is 9.66. The highest BCUT2D eigenvalue weighted by atomic mass is 16.5. The number of rotatable bonds is 5. The molecule has 0 saturated heterocycles. The van der Waals surface area contributed by atoms with Gasteiger partial charge in [-0.1, -0.05) is 103 Å². The normalized spacial score (nSPS) is 13.1. The van der Waals surface area contributed by atoms with Gasteiger partial charge in [0.25, 0.3) is 0 Å². The first-order chi connectivity index (χ1) is 30.7. The largest absolute Gasteiger partial charge is 0.457 e. The number of para-hydroxylation sites is 2. The number of pyridine rings is 2. The second-order valence-corrected chi connectivity index (χ2v) is 15.8. The number of aromatic nitrogens is 4. The number of hydrogen-bond donors (Lipinski definition) is 0. The van der Waals surface area contributed by atoms with E-state index in [0.717, 1.165) is 78.2 Å². The van der Waals surface area contributed by atoms with Crippen molar-refractivity contribution in [1.29, 1.82) is 0 Å². The quantitative estimate of drug-likeness (QED) is 0.171. The zero-order chi connectivity index (χ0) is 40.8. The fourth-order valence-corrected chi connectivity index (χ4v) is 9.68. The first-order valence-corrected chi connectivity index (χ1v) is 20.6. The average molecular weight is 797 g/mol. The van der Waals surface area contributed by atoms with Gasteiger partial charge in [0.2, 0.25) is 11.8 Å². The highest BCUT2D eigenvalue weighted by molar-refractivity contribution is 5.98. The monoisotopic (exact) mass is 796 g/mol. The molecule has 0 unspecified atom stereocenters. The van der Waals surface area contributed by atoms with E-state index in [1.54, 1.807) is 24.8 Å². The topological polar surface area (TPSA) is 87.1 Å². The van der Waals surface area contributed by atoms with Gasteiger partial charge in [0.1, 0.15) is 22.5 Å². The van der Waals surface area contributed by atoms with E-state index < -0.39 is 5.41 Å². The second-order valence-electron chi connectivity index (χ2n) is 15.8. The molecule has 13 rings (SSSR count). The number of hydrogen-bond acceptors (Lipinski definition) is 7. The zero-order valence-corrected chi connectivity index (χ0v) is 33.0. The van der Waals surface area contributed by atoms with Gasteiger partial charge in [-0.25, -0.2) is 9.97 Å². The molecule has 0 fully saturated rings. The molecule has 0 N–H and O–H groups in total. The highest BCUT2D eigenvalue weighted by Gasteiger charge is 2.51. The summed E-state index contributed by atoms with van der Waals surface area (Å²) in [5.74, 6) is 2.87. The van der Waals surface area contributed by atoms with E-state index in [1.165, 1.54) is 22.3 Å². The molecule has 4 aromatic heterocycles. The molecule has 7 aromatic carbocycles. The number of ether oxygens (including phenoxy) is 1. The Morgan fingerprint density at radius 1 is 0.371 bits per heavy atom. The maximum Gasteiger partial charge on any atom is 0.227 e. The summed E-state index contributed by atoms with van der Waals surface area (Å²) in [4.78, 5) is 17.8. The summed E-state index contributed by atoms with van der Waals surface area (Å²) in [5.41, 5.74) is 17.9. The standard InChI is InChI=1S/C55H32N4O3/c1-2-10-42-41(8-1)52-40(9-7-13-45(52)55(42)43-11-3-5-14-48(43)60-49-15-6-4-12-44(49)55)39-29-37(33-16-20-35(21-17-33)53-58-46-31-56-26-24-50(46)61-53)28-38(30-39)34-18-22-36(23-19-34)54-59-47-32-57-27-25-51(47)62-54/h1-32H. The van der Waals surface area contributed by atoms with Crippen LogP contribution in [0.1, 0.15) is 22.3 Å². The van der Waals surface area contributed by atoms with E-state index in [9.17, 15) is 0 Å². The van der Waals surface area contributed by atoms with E-state index in [4.69, 9.17) is 23.5 Å². The fraction of sp³-hybridized carbons (Fsp3) is 0.0182. The van der Waals surface area contributed by atoms with Gasteiger partial charge in [-0.3, -0.25) is 9.97 Å². The van der Waals surface area contributed by atoms with Crippen LogP contribution in [0.2, 0.25) is 0 Å². The van der Waals surface area contributed by atoms with Crippen molar-refractivity contribution in [3.63, 3.8) is 0 Å². The van der Waals surface area contributed by atoms with Crippen LogP contribution < -0.4 is 4.74 Å². The third kappa shape index (κ3) is 5.12. The van der Waals surface area contributed by atoms with Gasteiger partial charge in [0.05, 0.1) is 17.8 Å². The van der Waals surface area contributed by atoms with Crippen LogP contribution in [0, 0.1) is 0 Å². The lowest BCUT2D eigenvalue weighted by Gasteiger charge is -2.39. The number of nitrogens with zero attached hydrogens (tertiary/aromatic N) is 4. The summed E-state index contributed by atoms with van der Waals surface area (Å²) < 4.78 is 18.8. The summed E-state index contributed by atoms with van der Waals surface area (Å²) >= 11 is 0. The SMILES string of the molecule is c1ccc2c(c1)Oc1ccccc1C21c2ccccc2-c2c(-c3cc(-c4ccc(-c5nc6cnccc6o5)cc4)cc(-c4ccc(-c5nc6cnccc6o5)cc4)c3)cccc21. The summed E-state index contributed by atoms with van der Waals surface area (Å²) in [6.45, 7) is 0. The molecular weight excluding hydrogens is 765 g/mol. The van der Waals surface area contributed by atoms with Gasteiger partial charge in [-0.15, -0.1) is 0 Å². The lowest BCUT2D eigenvalue weighted by molar-refractivity contribution is 0.436. The average Bonchev–Trinajstić information content (AvgIpc) is 4.06. The molecular formula is C55H32N4O3. The van der Waals surface area contributed by atoms with E-state index in [2.05, 4.69) is 168 Å². The first-order valence-electron chi connectivity index (χ1n) is 20.6. The van der Waals surface area contributed by atoms with Crippen LogP contribution in [-0.2, 0) is 5.41 Å². The maximum absolute atomic E-state index is 6.62. The Labute approximate surface area is 355 Å². The lowest BCUT2D eigenvalue weighted by Crippen LogP contribution is -2.32. The van der Waals surface area contributed by atoms with Gasteiger partial charge in [-0.2, -0.15) is 0 Å². The van der Waals surface area contributed by atoms with Crippen molar-refractivity contribution < 1.29 is 13.6 Å². The molecule has 62 heavy (non-hydrogen) atoms. The Bertz CT molecular complexity index is 3320. The molecule has 7 nitrogen and oxygen atoms in total. The van der Waals surface area contributed by atoms with Crippen molar-refractivity contribution >= 4 is 22.2 Å². The van der Waals surface area contributed by atoms with Gasteiger partial charge in [0, 0.05) is 46.8 Å². The summed E-state index contributed by atoms with van der Waals surface area (Å²) in [5, 5.41) is 0. The number of oxazole rings is 2. The van der Waals surface area contributed by atoms with E-state index in [-0.39, 0.29) is 0 Å². The minimum atomic E-state index is -0.568. The van der Waals surface area contributed by atoms with Gasteiger partial charge in [-0.05, 0) is 110 Å². The summed E-state index contributed by atoms with van der Waals surface area (Å²) in [6.07, 6.45) is 6.88. The van der Waals surface area contributed by atoms with Gasteiger partial charge in [0.15, 0.2) is 11.2 Å². The maximum atomic E-state index is 6.62. The van der Waals surface area contributed by atoms with E-state index in [0.29, 0.717) is 22.9 Å². The van der Waals surface area contributed by atoms with Crippen molar-refractivity contribution in [3.8, 4) is 78.9 Å². The van der Waals surface area contributed by atoms with Crippen molar-refractivity contribution in [2.45, 2.75) is 5.41 Å². The number of fused-ring (bicyclic) bond motifs is 11. The van der Waals surface area contributed by atoms with Crippen LogP contribution in [0.3, 0.4) is 0 Å². The van der Waals surface area contributed by atoms with Crippen LogP contribution in [0.15, 0.2) is 203 Å². The third-order valence-corrected chi connectivity index (χ3v) is 12.4. The summed E-state index contributed by atoms with van der Waals surface area (Å²) in [7, 11) is 0. The molecule has 1 spiro atoms.